The van der Waals surface area contributed by atoms with Crippen LogP contribution in [0.4, 0.5) is 0 Å². The topological polar surface area (TPSA) is 40.5 Å². The van der Waals surface area contributed by atoms with E-state index in [9.17, 15) is 10.0 Å². The highest BCUT2D eigenvalue weighted by molar-refractivity contribution is 9.10. The normalized spacial score (nSPS) is 13.6. The molecule has 0 radical (unpaired) electrons. The van der Waals surface area contributed by atoms with Crippen LogP contribution in [-0.4, -0.2) is 17.2 Å². The second-order valence-corrected chi connectivity index (χ2v) is 18.7. The van der Waals surface area contributed by atoms with E-state index < -0.39 is 7.12 Å². The summed E-state index contributed by atoms with van der Waals surface area (Å²) in [5.41, 5.74) is 14.3. The predicted molar refractivity (Wildman–Crippen MR) is 286 cm³/mol. The van der Waals surface area contributed by atoms with Crippen molar-refractivity contribution >= 4 is 71.6 Å². The lowest BCUT2D eigenvalue weighted by molar-refractivity contribution is 0.425. The van der Waals surface area contributed by atoms with Crippen molar-refractivity contribution < 1.29 is 10.0 Å². The molecule has 0 saturated carbocycles. The van der Waals surface area contributed by atoms with Gasteiger partial charge in [-0.05, 0) is 164 Å². The van der Waals surface area contributed by atoms with E-state index in [1.807, 2.05) is 18.2 Å². The fourth-order valence-corrected chi connectivity index (χ4v) is 12.3. The highest BCUT2D eigenvalue weighted by atomic mass is 79.9. The molecule has 0 amide bonds. The Hall–Kier alpha value is -6.30. The SMILES string of the molecule is Brc1c2ccccc2cc2ccccc12.CCC1(CC)c2ccccc2-c2ccc(-c3c4ccccc4cc4ccccc34)cc21.CCC1(CC)c2ccccc2-c2ccc(B(O)O)cc21. The molecular formula is C62H54BBrO2. The third-order valence-corrected chi connectivity index (χ3v) is 15.9. The van der Waals surface area contributed by atoms with Gasteiger partial charge in [0.1, 0.15) is 0 Å². The van der Waals surface area contributed by atoms with E-state index in [1.54, 1.807) is 0 Å². The van der Waals surface area contributed by atoms with E-state index >= 15 is 0 Å². The van der Waals surface area contributed by atoms with Crippen molar-refractivity contribution in [3.63, 3.8) is 0 Å². The lowest BCUT2D eigenvalue weighted by atomic mass is 9.71. The molecule has 4 heteroatoms. The van der Waals surface area contributed by atoms with E-state index in [4.69, 9.17) is 0 Å². The number of hydrogen-bond acceptors (Lipinski definition) is 2. The fraction of sp³-hybridized carbons (Fsp3) is 0.161. The molecule has 2 N–H and O–H groups in total. The maximum absolute atomic E-state index is 9.44. The van der Waals surface area contributed by atoms with E-state index in [0.29, 0.717) is 5.46 Å². The molecular weight excluding hydrogens is 867 g/mol. The largest absolute Gasteiger partial charge is 0.488 e. The van der Waals surface area contributed by atoms with Crippen LogP contribution in [0.3, 0.4) is 0 Å². The van der Waals surface area contributed by atoms with Crippen molar-refractivity contribution in [2.45, 2.75) is 64.2 Å². The average Bonchev–Trinajstić information content (AvgIpc) is 3.82. The van der Waals surface area contributed by atoms with Gasteiger partial charge in [0, 0.05) is 15.3 Å². The van der Waals surface area contributed by atoms with E-state index in [-0.39, 0.29) is 10.8 Å². The molecule has 0 bridgehead atoms. The third-order valence-electron chi connectivity index (χ3n) is 15.0. The summed E-state index contributed by atoms with van der Waals surface area (Å²) >= 11 is 3.68. The van der Waals surface area contributed by atoms with Crippen molar-refractivity contribution in [1.82, 2.24) is 0 Å². The van der Waals surface area contributed by atoms with Crippen LogP contribution in [0.25, 0.3) is 76.5 Å². The standard InChI is InChI=1S/C31H26.C17H19BO2.C14H9Br/c1-3-31(4-2)28-16-10-9-15-26(28)27-18-17-23(20-29(27)31)30-24-13-7-5-11-21(24)19-22-12-6-8-14-25(22)30;1-3-17(4-2)15-8-6-5-7-13(15)14-10-9-12(18(19)20)11-16(14)17;15-14-12-7-3-1-5-10(12)9-11-6-2-4-8-13(11)14/h5-20H,3-4H2,1-2H3;5-11,19-20H,3-4H2,1-2H3;1-9H. The summed E-state index contributed by atoms with van der Waals surface area (Å²) in [7, 11) is -1.41. The second-order valence-electron chi connectivity index (χ2n) is 17.9. The van der Waals surface area contributed by atoms with Crippen LogP contribution < -0.4 is 5.46 Å². The molecule has 0 saturated heterocycles. The molecule has 12 rings (SSSR count). The van der Waals surface area contributed by atoms with Gasteiger partial charge in [-0.25, -0.2) is 0 Å². The molecule has 0 aromatic heterocycles. The van der Waals surface area contributed by atoms with Crippen LogP contribution in [0.15, 0.2) is 199 Å². The number of hydrogen-bond donors (Lipinski definition) is 2. The molecule has 0 aliphatic heterocycles. The zero-order valence-electron chi connectivity index (χ0n) is 38.2. The van der Waals surface area contributed by atoms with Gasteiger partial charge < -0.3 is 10.0 Å². The van der Waals surface area contributed by atoms with Crippen molar-refractivity contribution in [3.05, 3.63) is 221 Å². The molecule has 0 fully saturated rings. The zero-order valence-corrected chi connectivity index (χ0v) is 39.7. The third kappa shape index (κ3) is 7.10. The number of rotatable bonds is 6. The quantitative estimate of drug-likeness (QED) is 0.129. The maximum Gasteiger partial charge on any atom is 0.488 e. The van der Waals surface area contributed by atoms with Crippen molar-refractivity contribution in [2.24, 2.45) is 0 Å². The second kappa shape index (κ2) is 17.8. The number of fused-ring (bicyclic) bond motifs is 10. The van der Waals surface area contributed by atoms with Gasteiger partial charge in [-0.1, -0.05) is 204 Å². The molecule has 2 aliphatic rings. The van der Waals surface area contributed by atoms with Crippen molar-refractivity contribution in [1.29, 1.82) is 0 Å². The fourth-order valence-electron chi connectivity index (χ4n) is 11.6. The molecule has 0 spiro atoms. The van der Waals surface area contributed by atoms with Gasteiger partial charge in [0.05, 0.1) is 0 Å². The summed E-state index contributed by atoms with van der Waals surface area (Å²) in [6.07, 6.45) is 4.26. The van der Waals surface area contributed by atoms with Crippen LogP contribution in [0.2, 0.25) is 0 Å². The lowest BCUT2D eigenvalue weighted by Gasteiger charge is -2.30. The Balaban J connectivity index is 0.000000125. The molecule has 324 valence electrons. The summed E-state index contributed by atoms with van der Waals surface area (Å²) in [4.78, 5) is 0. The van der Waals surface area contributed by atoms with Crippen molar-refractivity contribution in [3.8, 4) is 33.4 Å². The summed E-state index contributed by atoms with van der Waals surface area (Å²) in [6.45, 7) is 9.10. The first kappa shape index (κ1) is 43.6. The minimum absolute atomic E-state index is 0.00315. The Morgan fingerprint density at radius 1 is 0.379 bits per heavy atom. The summed E-state index contributed by atoms with van der Waals surface area (Å²) in [6, 6.07) is 69.6. The van der Waals surface area contributed by atoms with Gasteiger partial charge in [0.25, 0.3) is 0 Å². The molecule has 0 unspecified atom stereocenters. The maximum atomic E-state index is 9.44. The van der Waals surface area contributed by atoms with Crippen LogP contribution >= 0.6 is 15.9 Å². The van der Waals surface area contributed by atoms with Crippen LogP contribution in [0.1, 0.15) is 75.6 Å². The Labute approximate surface area is 397 Å². The van der Waals surface area contributed by atoms with E-state index in [0.717, 1.165) is 25.7 Å². The Kier molecular flexibility index (Phi) is 11.8. The van der Waals surface area contributed by atoms with Crippen molar-refractivity contribution in [2.75, 3.05) is 0 Å². The van der Waals surface area contributed by atoms with E-state index in [2.05, 4.69) is 220 Å². The highest BCUT2D eigenvalue weighted by Crippen LogP contribution is 2.54. The molecule has 2 aliphatic carbocycles. The first-order valence-electron chi connectivity index (χ1n) is 23.6. The monoisotopic (exact) mass is 920 g/mol. The van der Waals surface area contributed by atoms with Crippen LogP contribution in [0, 0.1) is 0 Å². The van der Waals surface area contributed by atoms with Crippen LogP contribution in [-0.2, 0) is 10.8 Å². The molecule has 10 aromatic carbocycles. The molecule has 66 heavy (non-hydrogen) atoms. The summed E-state index contributed by atoms with van der Waals surface area (Å²) < 4.78 is 1.19. The van der Waals surface area contributed by atoms with Crippen LogP contribution in [0.5, 0.6) is 0 Å². The minimum Gasteiger partial charge on any atom is -0.423 e. The summed E-state index contributed by atoms with van der Waals surface area (Å²) in [5.74, 6) is 0. The van der Waals surface area contributed by atoms with Gasteiger partial charge in [0.15, 0.2) is 0 Å². The molecule has 0 atom stereocenters. The zero-order chi connectivity index (χ0) is 45.6. The Morgan fingerprint density at radius 3 is 1.20 bits per heavy atom. The van der Waals surface area contributed by atoms with E-state index in [1.165, 1.54) is 103 Å². The minimum atomic E-state index is -1.41. The highest BCUT2D eigenvalue weighted by Gasteiger charge is 2.42. The van der Waals surface area contributed by atoms with Gasteiger partial charge in [-0.15, -0.1) is 0 Å². The predicted octanol–water partition coefficient (Wildman–Crippen LogP) is 16.0. The Bertz CT molecular complexity index is 3330. The number of halogens is 1. The lowest BCUT2D eigenvalue weighted by Crippen LogP contribution is -2.32. The first-order valence-corrected chi connectivity index (χ1v) is 24.4. The molecule has 10 aromatic rings. The van der Waals surface area contributed by atoms with Gasteiger partial charge in [0.2, 0.25) is 0 Å². The molecule has 2 nitrogen and oxygen atoms in total. The van der Waals surface area contributed by atoms with Gasteiger partial charge in [-0.2, -0.15) is 0 Å². The average molecular weight is 922 g/mol. The van der Waals surface area contributed by atoms with Gasteiger partial charge in [-0.3, -0.25) is 0 Å². The molecule has 0 heterocycles. The van der Waals surface area contributed by atoms with Gasteiger partial charge >= 0.3 is 7.12 Å². The number of benzene rings is 10. The Morgan fingerprint density at radius 2 is 0.742 bits per heavy atom. The smallest absolute Gasteiger partial charge is 0.423 e. The first-order chi connectivity index (χ1) is 32.3. The summed E-state index contributed by atoms with van der Waals surface area (Å²) in [5, 5.41) is 29.3.